The van der Waals surface area contributed by atoms with Gasteiger partial charge in [0.25, 0.3) is 0 Å². The highest BCUT2D eigenvalue weighted by molar-refractivity contribution is 5.95. The van der Waals surface area contributed by atoms with Crippen LogP contribution in [0.1, 0.15) is 48.4 Å². The third-order valence-electron chi connectivity index (χ3n) is 3.94. The standard InChI is InChI=1S/C21H26N2O4/c1-4-26-19-8-5-6-9-20(19)27-13-7-10-21(25)22-14-17-11-12-18(16(3)24)15(2)23-17/h5-6,8-9,11-12H,4,7,10,13-14H2,1-3H3,(H,22,25). The van der Waals surface area contributed by atoms with Crippen molar-refractivity contribution in [2.75, 3.05) is 13.2 Å². The highest BCUT2D eigenvalue weighted by atomic mass is 16.5. The molecule has 0 atom stereocenters. The van der Waals surface area contributed by atoms with Crippen LogP contribution in [0.25, 0.3) is 0 Å². The van der Waals surface area contributed by atoms with Crippen LogP contribution in [0.2, 0.25) is 0 Å². The van der Waals surface area contributed by atoms with E-state index < -0.39 is 0 Å². The molecule has 0 bridgehead atoms. The van der Waals surface area contributed by atoms with Crippen molar-refractivity contribution < 1.29 is 19.1 Å². The average Bonchev–Trinajstić information content (AvgIpc) is 2.64. The van der Waals surface area contributed by atoms with Gasteiger partial charge in [-0.05, 0) is 51.5 Å². The van der Waals surface area contributed by atoms with Crippen molar-refractivity contribution in [3.63, 3.8) is 0 Å². The molecule has 1 N–H and O–H groups in total. The second-order valence-electron chi connectivity index (χ2n) is 6.10. The van der Waals surface area contributed by atoms with Crippen LogP contribution in [-0.4, -0.2) is 29.9 Å². The number of amides is 1. The zero-order valence-corrected chi connectivity index (χ0v) is 16.1. The van der Waals surface area contributed by atoms with Crippen LogP contribution in [0.4, 0.5) is 0 Å². The van der Waals surface area contributed by atoms with Gasteiger partial charge in [0.2, 0.25) is 5.91 Å². The van der Waals surface area contributed by atoms with Crippen molar-refractivity contribution in [2.24, 2.45) is 0 Å². The Labute approximate surface area is 159 Å². The average molecular weight is 370 g/mol. The van der Waals surface area contributed by atoms with Crippen LogP contribution in [0.5, 0.6) is 11.5 Å². The summed E-state index contributed by atoms with van der Waals surface area (Å²) in [7, 11) is 0. The normalized spacial score (nSPS) is 10.3. The van der Waals surface area contributed by atoms with Crippen LogP contribution in [0, 0.1) is 6.92 Å². The number of carbonyl (C=O) groups is 2. The molecule has 0 spiro atoms. The van der Waals surface area contributed by atoms with Crippen molar-refractivity contribution in [1.82, 2.24) is 10.3 Å². The lowest BCUT2D eigenvalue weighted by molar-refractivity contribution is -0.121. The summed E-state index contributed by atoms with van der Waals surface area (Å²) < 4.78 is 11.2. The number of pyridine rings is 1. The molecule has 0 saturated carbocycles. The lowest BCUT2D eigenvalue weighted by Crippen LogP contribution is -2.23. The summed E-state index contributed by atoms with van der Waals surface area (Å²) in [6, 6.07) is 11.0. The van der Waals surface area contributed by atoms with E-state index in [1.54, 1.807) is 19.1 Å². The molecule has 0 radical (unpaired) electrons. The predicted molar refractivity (Wildman–Crippen MR) is 103 cm³/mol. The molecular weight excluding hydrogens is 344 g/mol. The third kappa shape index (κ3) is 6.40. The molecule has 0 aliphatic heterocycles. The van der Waals surface area contributed by atoms with E-state index in [1.807, 2.05) is 31.2 Å². The number of rotatable bonds is 10. The van der Waals surface area contributed by atoms with Crippen molar-refractivity contribution in [1.29, 1.82) is 0 Å². The SMILES string of the molecule is CCOc1ccccc1OCCCC(=O)NCc1ccc(C(C)=O)c(C)n1. The second-order valence-corrected chi connectivity index (χ2v) is 6.10. The van der Waals surface area contributed by atoms with E-state index in [9.17, 15) is 9.59 Å². The largest absolute Gasteiger partial charge is 0.490 e. The van der Waals surface area contributed by atoms with Gasteiger partial charge >= 0.3 is 0 Å². The van der Waals surface area contributed by atoms with Crippen LogP contribution in [0.15, 0.2) is 36.4 Å². The lowest BCUT2D eigenvalue weighted by Gasteiger charge is -2.11. The molecule has 1 amide bonds. The van der Waals surface area contributed by atoms with Gasteiger partial charge in [0.15, 0.2) is 17.3 Å². The molecule has 1 heterocycles. The molecule has 0 fully saturated rings. The molecule has 0 unspecified atom stereocenters. The number of ketones is 1. The van der Waals surface area contributed by atoms with E-state index in [1.165, 1.54) is 6.92 Å². The van der Waals surface area contributed by atoms with Crippen LogP contribution < -0.4 is 14.8 Å². The molecule has 6 heteroatoms. The van der Waals surface area contributed by atoms with Crippen molar-refractivity contribution in [3.05, 3.63) is 53.3 Å². The number of aromatic nitrogens is 1. The molecule has 0 saturated heterocycles. The van der Waals surface area contributed by atoms with Crippen molar-refractivity contribution in [3.8, 4) is 11.5 Å². The summed E-state index contributed by atoms with van der Waals surface area (Å²) >= 11 is 0. The van der Waals surface area contributed by atoms with Gasteiger partial charge in [0, 0.05) is 17.7 Å². The lowest BCUT2D eigenvalue weighted by atomic mass is 10.1. The van der Waals surface area contributed by atoms with Gasteiger partial charge < -0.3 is 14.8 Å². The number of carbonyl (C=O) groups excluding carboxylic acids is 2. The number of ether oxygens (including phenoxy) is 2. The van der Waals surface area contributed by atoms with E-state index in [-0.39, 0.29) is 11.7 Å². The maximum atomic E-state index is 12.0. The summed E-state index contributed by atoms with van der Waals surface area (Å²) in [4.78, 5) is 27.8. The zero-order valence-electron chi connectivity index (χ0n) is 16.1. The minimum absolute atomic E-state index is 0.0125. The fourth-order valence-corrected chi connectivity index (χ4v) is 2.62. The molecule has 27 heavy (non-hydrogen) atoms. The Morgan fingerprint density at radius 1 is 1.07 bits per heavy atom. The Morgan fingerprint density at radius 2 is 1.78 bits per heavy atom. The molecule has 0 aliphatic carbocycles. The van der Waals surface area contributed by atoms with Gasteiger partial charge in [-0.1, -0.05) is 12.1 Å². The number of Topliss-reactive ketones (excluding diaryl/α,β-unsaturated/α-hetero) is 1. The first-order valence-electron chi connectivity index (χ1n) is 9.10. The van der Waals surface area contributed by atoms with E-state index in [0.717, 1.165) is 5.69 Å². The predicted octanol–water partition coefficient (Wildman–Crippen LogP) is 3.47. The number of nitrogens with zero attached hydrogens (tertiary/aromatic N) is 1. The van der Waals surface area contributed by atoms with Crippen molar-refractivity contribution in [2.45, 2.75) is 40.2 Å². The Balaban J connectivity index is 1.72. The minimum atomic E-state index is -0.0632. The number of hydrogen-bond acceptors (Lipinski definition) is 5. The third-order valence-corrected chi connectivity index (χ3v) is 3.94. The van der Waals surface area contributed by atoms with Gasteiger partial charge in [-0.3, -0.25) is 14.6 Å². The topological polar surface area (TPSA) is 77.5 Å². The molecule has 1 aromatic heterocycles. The van der Waals surface area contributed by atoms with Crippen LogP contribution >= 0.6 is 0 Å². The first-order valence-corrected chi connectivity index (χ1v) is 9.10. The highest BCUT2D eigenvalue weighted by Gasteiger charge is 2.08. The summed E-state index contributed by atoms with van der Waals surface area (Å²) in [5, 5.41) is 2.84. The number of para-hydroxylation sites is 2. The number of hydrogen-bond donors (Lipinski definition) is 1. The second kappa shape index (κ2) is 10.3. The molecular formula is C21H26N2O4. The monoisotopic (exact) mass is 370 g/mol. The van der Waals surface area contributed by atoms with Crippen molar-refractivity contribution >= 4 is 11.7 Å². The van der Waals surface area contributed by atoms with E-state index in [2.05, 4.69) is 10.3 Å². The quantitative estimate of drug-likeness (QED) is 0.512. The first-order chi connectivity index (χ1) is 13.0. The molecule has 6 nitrogen and oxygen atoms in total. The number of aryl methyl sites for hydroxylation is 1. The smallest absolute Gasteiger partial charge is 0.220 e. The Hall–Kier alpha value is -2.89. The van der Waals surface area contributed by atoms with Gasteiger partial charge in [-0.25, -0.2) is 0 Å². The molecule has 2 aromatic rings. The van der Waals surface area contributed by atoms with E-state index in [0.29, 0.717) is 55.4 Å². The Morgan fingerprint density at radius 3 is 2.41 bits per heavy atom. The summed E-state index contributed by atoms with van der Waals surface area (Å²) in [5.74, 6) is 1.32. The Kier molecular flexibility index (Phi) is 7.79. The minimum Gasteiger partial charge on any atom is -0.490 e. The summed E-state index contributed by atoms with van der Waals surface area (Å²) in [6.45, 7) is 6.57. The molecule has 144 valence electrons. The first kappa shape index (κ1) is 20.4. The summed E-state index contributed by atoms with van der Waals surface area (Å²) in [6.07, 6.45) is 0.962. The van der Waals surface area contributed by atoms with E-state index in [4.69, 9.17) is 9.47 Å². The zero-order chi connectivity index (χ0) is 19.6. The maximum absolute atomic E-state index is 12.0. The molecule has 0 aliphatic rings. The van der Waals surface area contributed by atoms with Gasteiger partial charge in [-0.2, -0.15) is 0 Å². The Bertz CT molecular complexity index is 790. The van der Waals surface area contributed by atoms with Gasteiger partial charge in [-0.15, -0.1) is 0 Å². The number of benzene rings is 1. The molecule has 1 aromatic carbocycles. The maximum Gasteiger partial charge on any atom is 0.220 e. The highest BCUT2D eigenvalue weighted by Crippen LogP contribution is 2.26. The fraction of sp³-hybridized carbons (Fsp3) is 0.381. The summed E-state index contributed by atoms with van der Waals surface area (Å²) in [5.41, 5.74) is 2.01. The fourth-order valence-electron chi connectivity index (χ4n) is 2.62. The van der Waals surface area contributed by atoms with Crippen LogP contribution in [-0.2, 0) is 11.3 Å². The van der Waals surface area contributed by atoms with Gasteiger partial charge in [0.05, 0.1) is 25.5 Å². The van der Waals surface area contributed by atoms with E-state index >= 15 is 0 Å². The van der Waals surface area contributed by atoms with Gasteiger partial charge in [0.1, 0.15) is 0 Å². The number of nitrogens with one attached hydrogen (secondary N) is 1. The van der Waals surface area contributed by atoms with Crippen LogP contribution in [0.3, 0.4) is 0 Å². The molecule has 2 rings (SSSR count).